The van der Waals surface area contributed by atoms with Gasteiger partial charge in [-0.15, -0.1) is 22.7 Å². The molecule has 7 nitrogen and oxygen atoms in total. The SMILES string of the molecule is CC1CN(Cc2csc(NC(=O)c3cn(Cc4ccccc4)nc3-c3cccs3)n2)CC(C)O1. The van der Waals surface area contributed by atoms with Crippen LogP contribution in [0.2, 0.25) is 0 Å². The van der Waals surface area contributed by atoms with Crippen LogP contribution in [0.1, 0.15) is 35.5 Å². The number of thiazole rings is 1. The monoisotopic (exact) mass is 493 g/mol. The molecule has 5 rings (SSSR count). The molecule has 1 fully saturated rings. The van der Waals surface area contributed by atoms with Crippen molar-refractivity contribution in [1.29, 1.82) is 0 Å². The Bertz CT molecular complexity index is 1230. The van der Waals surface area contributed by atoms with Crippen LogP contribution in [0.3, 0.4) is 0 Å². The maximum Gasteiger partial charge on any atom is 0.261 e. The number of hydrogen-bond donors (Lipinski definition) is 1. The highest BCUT2D eigenvalue weighted by molar-refractivity contribution is 7.14. The first kappa shape index (κ1) is 22.9. The molecule has 1 aliphatic rings. The van der Waals surface area contributed by atoms with Crippen molar-refractivity contribution in [3.05, 3.63) is 76.2 Å². The van der Waals surface area contributed by atoms with Gasteiger partial charge in [0.25, 0.3) is 5.91 Å². The molecule has 3 aromatic heterocycles. The number of carbonyl (C=O) groups is 1. The van der Waals surface area contributed by atoms with Gasteiger partial charge < -0.3 is 4.74 Å². The molecule has 0 spiro atoms. The maximum atomic E-state index is 13.3. The van der Waals surface area contributed by atoms with Crippen LogP contribution in [-0.4, -0.2) is 50.9 Å². The molecule has 0 saturated carbocycles. The molecule has 2 unspecified atom stereocenters. The predicted octanol–water partition coefficient (Wildman–Crippen LogP) is 4.98. The van der Waals surface area contributed by atoms with Gasteiger partial charge in [0.15, 0.2) is 5.13 Å². The highest BCUT2D eigenvalue weighted by Gasteiger charge is 2.23. The second kappa shape index (κ2) is 10.2. The molecule has 1 amide bonds. The third kappa shape index (κ3) is 5.44. The molecule has 1 aliphatic heterocycles. The van der Waals surface area contributed by atoms with E-state index < -0.39 is 0 Å². The number of hydrogen-bond acceptors (Lipinski definition) is 7. The fourth-order valence-electron chi connectivity index (χ4n) is 4.28. The van der Waals surface area contributed by atoms with Crippen LogP contribution in [0.15, 0.2) is 59.4 Å². The summed E-state index contributed by atoms with van der Waals surface area (Å²) in [5.41, 5.74) is 3.33. The van der Waals surface area contributed by atoms with Crippen molar-refractivity contribution >= 4 is 33.7 Å². The van der Waals surface area contributed by atoms with Crippen molar-refractivity contribution in [2.24, 2.45) is 0 Å². The number of aromatic nitrogens is 3. The zero-order valence-electron chi connectivity index (χ0n) is 19.2. The minimum atomic E-state index is -0.197. The molecule has 1 aromatic carbocycles. The summed E-state index contributed by atoms with van der Waals surface area (Å²) >= 11 is 3.02. The van der Waals surface area contributed by atoms with Crippen LogP contribution < -0.4 is 5.32 Å². The van der Waals surface area contributed by atoms with Gasteiger partial charge in [0.05, 0.1) is 34.9 Å². The van der Waals surface area contributed by atoms with E-state index >= 15 is 0 Å². The quantitative estimate of drug-likeness (QED) is 0.393. The number of rotatable bonds is 7. The van der Waals surface area contributed by atoms with Crippen LogP contribution in [0, 0.1) is 0 Å². The van der Waals surface area contributed by atoms with E-state index in [2.05, 4.69) is 41.2 Å². The first-order valence-corrected chi connectivity index (χ1v) is 13.1. The number of thiophene rings is 1. The molecule has 34 heavy (non-hydrogen) atoms. The topological polar surface area (TPSA) is 72.3 Å². The zero-order valence-corrected chi connectivity index (χ0v) is 20.8. The van der Waals surface area contributed by atoms with Crippen LogP contribution in [-0.2, 0) is 17.8 Å². The largest absolute Gasteiger partial charge is 0.373 e. The van der Waals surface area contributed by atoms with Gasteiger partial charge in [0.1, 0.15) is 5.69 Å². The molecule has 2 atom stereocenters. The Morgan fingerprint density at radius 2 is 1.88 bits per heavy atom. The number of ether oxygens (including phenoxy) is 1. The summed E-state index contributed by atoms with van der Waals surface area (Å²) in [4.78, 5) is 21.2. The lowest BCUT2D eigenvalue weighted by molar-refractivity contribution is -0.0707. The van der Waals surface area contributed by atoms with Gasteiger partial charge in [0, 0.05) is 31.2 Å². The zero-order chi connectivity index (χ0) is 23.5. The Morgan fingerprint density at radius 1 is 1.09 bits per heavy atom. The number of nitrogens with zero attached hydrogens (tertiary/aromatic N) is 4. The lowest BCUT2D eigenvalue weighted by Gasteiger charge is -2.34. The van der Waals surface area contributed by atoms with Gasteiger partial charge in [-0.1, -0.05) is 36.4 Å². The Kier molecular flexibility index (Phi) is 6.87. The van der Waals surface area contributed by atoms with Crippen LogP contribution in [0.25, 0.3) is 10.6 Å². The van der Waals surface area contributed by atoms with E-state index in [1.807, 2.05) is 52.0 Å². The van der Waals surface area contributed by atoms with Crippen molar-refractivity contribution in [1.82, 2.24) is 19.7 Å². The standard InChI is InChI=1S/C25H27N5O2S2/c1-17-11-29(12-18(2)32-17)14-20-16-34-25(26-20)27-24(31)21-15-30(13-19-7-4-3-5-8-19)28-23(21)22-9-6-10-33-22/h3-10,15-18H,11-14H2,1-2H3,(H,26,27,31). The Morgan fingerprint density at radius 3 is 2.62 bits per heavy atom. The molecule has 4 heterocycles. The Hall–Kier alpha value is -2.85. The molecule has 0 bridgehead atoms. The summed E-state index contributed by atoms with van der Waals surface area (Å²) < 4.78 is 7.65. The molecule has 4 aromatic rings. The van der Waals surface area contributed by atoms with E-state index in [4.69, 9.17) is 9.84 Å². The first-order valence-electron chi connectivity index (χ1n) is 11.3. The molecule has 1 N–H and O–H groups in total. The summed E-state index contributed by atoms with van der Waals surface area (Å²) in [6.07, 6.45) is 2.25. The summed E-state index contributed by atoms with van der Waals surface area (Å²) in [6.45, 7) is 7.31. The Labute approximate surface area is 207 Å². The third-order valence-electron chi connectivity index (χ3n) is 5.60. The summed E-state index contributed by atoms with van der Waals surface area (Å²) in [5, 5.41) is 12.3. The number of anilines is 1. The average Bonchev–Trinajstić information content (AvgIpc) is 3.55. The second-order valence-electron chi connectivity index (χ2n) is 8.60. The van der Waals surface area contributed by atoms with Crippen molar-refractivity contribution in [3.63, 3.8) is 0 Å². The minimum Gasteiger partial charge on any atom is -0.373 e. The second-order valence-corrected chi connectivity index (χ2v) is 10.4. The van der Waals surface area contributed by atoms with E-state index in [0.717, 1.165) is 35.8 Å². The number of carbonyl (C=O) groups excluding carboxylic acids is 1. The van der Waals surface area contributed by atoms with Crippen LogP contribution >= 0.6 is 22.7 Å². The third-order valence-corrected chi connectivity index (χ3v) is 7.28. The number of benzene rings is 1. The van der Waals surface area contributed by atoms with Crippen LogP contribution in [0.5, 0.6) is 0 Å². The highest BCUT2D eigenvalue weighted by Crippen LogP contribution is 2.28. The molecule has 176 valence electrons. The molecular weight excluding hydrogens is 466 g/mol. The van der Waals surface area contributed by atoms with Crippen molar-refractivity contribution in [3.8, 4) is 10.6 Å². The fourth-order valence-corrected chi connectivity index (χ4v) is 5.70. The van der Waals surface area contributed by atoms with Gasteiger partial charge in [-0.25, -0.2) is 4.98 Å². The molecular formula is C25H27N5O2S2. The molecule has 1 saturated heterocycles. The van der Waals surface area contributed by atoms with Gasteiger partial charge in [-0.2, -0.15) is 5.10 Å². The van der Waals surface area contributed by atoms with Gasteiger partial charge >= 0.3 is 0 Å². The summed E-state index contributed by atoms with van der Waals surface area (Å²) in [5.74, 6) is -0.197. The summed E-state index contributed by atoms with van der Waals surface area (Å²) in [6, 6.07) is 14.1. The van der Waals surface area contributed by atoms with Crippen molar-refractivity contribution in [2.45, 2.75) is 39.1 Å². The van der Waals surface area contributed by atoms with E-state index in [1.165, 1.54) is 11.3 Å². The van der Waals surface area contributed by atoms with Gasteiger partial charge in [0.2, 0.25) is 0 Å². The van der Waals surface area contributed by atoms with Crippen molar-refractivity contribution < 1.29 is 9.53 Å². The van der Waals surface area contributed by atoms with Gasteiger partial charge in [-0.05, 0) is 30.9 Å². The van der Waals surface area contributed by atoms with E-state index in [9.17, 15) is 4.79 Å². The number of morpholine rings is 1. The lowest BCUT2D eigenvalue weighted by atomic mass is 10.2. The van der Waals surface area contributed by atoms with E-state index in [-0.39, 0.29) is 18.1 Å². The fraction of sp³-hybridized carbons (Fsp3) is 0.320. The highest BCUT2D eigenvalue weighted by atomic mass is 32.1. The predicted molar refractivity (Wildman–Crippen MR) is 136 cm³/mol. The lowest BCUT2D eigenvalue weighted by Crippen LogP contribution is -2.44. The van der Waals surface area contributed by atoms with Crippen molar-refractivity contribution in [2.75, 3.05) is 18.4 Å². The number of nitrogens with one attached hydrogen (secondary N) is 1. The number of amides is 1. The average molecular weight is 494 g/mol. The molecule has 9 heteroatoms. The summed E-state index contributed by atoms with van der Waals surface area (Å²) in [7, 11) is 0. The maximum absolute atomic E-state index is 13.3. The molecule has 0 aliphatic carbocycles. The minimum absolute atomic E-state index is 0.197. The normalized spacial score (nSPS) is 18.8. The van der Waals surface area contributed by atoms with Gasteiger partial charge in [-0.3, -0.25) is 19.7 Å². The molecule has 0 radical (unpaired) electrons. The van der Waals surface area contributed by atoms with Crippen LogP contribution in [0.4, 0.5) is 5.13 Å². The van der Waals surface area contributed by atoms with E-state index in [0.29, 0.717) is 22.9 Å². The van der Waals surface area contributed by atoms with E-state index in [1.54, 1.807) is 11.3 Å². The smallest absolute Gasteiger partial charge is 0.261 e. The Balaban J connectivity index is 1.31. The first-order chi connectivity index (χ1) is 16.5.